The van der Waals surface area contributed by atoms with E-state index in [1.54, 1.807) is 0 Å². The van der Waals surface area contributed by atoms with Gasteiger partial charge in [0.15, 0.2) is 0 Å². The molecule has 0 aromatic heterocycles. The van der Waals surface area contributed by atoms with Crippen molar-refractivity contribution in [1.82, 2.24) is 0 Å². The summed E-state index contributed by atoms with van der Waals surface area (Å²) in [6, 6.07) is 0. The monoisotopic (exact) mass is 214 g/mol. The molecule has 0 fully saturated rings. The second kappa shape index (κ2) is 10.0. The van der Waals surface area contributed by atoms with Gasteiger partial charge in [-0.2, -0.15) is 0 Å². The van der Waals surface area contributed by atoms with Crippen LogP contribution in [0.4, 0.5) is 0 Å². The minimum atomic E-state index is -0.0215. The molecule has 0 bridgehead atoms. The summed E-state index contributed by atoms with van der Waals surface area (Å²) in [7, 11) is 0. The summed E-state index contributed by atoms with van der Waals surface area (Å²) in [5.41, 5.74) is 0. The van der Waals surface area contributed by atoms with Crippen molar-refractivity contribution in [2.24, 2.45) is 5.92 Å². The molecule has 0 aliphatic rings. The Labute approximate surface area is 94.4 Å². The highest BCUT2D eigenvalue weighted by atomic mass is 16.5. The van der Waals surface area contributed by atoms with E-state index in [1.165, 1.54) is 19.3 Å². The third kappa shape index (κ3) is 9.77. The quantitative estimate of drug-likeness (QED) is 0.429. The smallest absolute Gasteiger partial charge is 0.305 e. The minimum Gasteiger partial charge on any atom is -0.465 e. The fraction of sp³-hybridized carbons (Fsp3) is 0.923. The van der Waals surface area contributed by atoms with Crippen LogP contribution in [-0.4, -0.2) is 12.6 Å². The van der Waals surface area contributed by atoms with Gasteiger partial charge in [-0.25, -0.2) is 0 Å². The molecule has 0 radical (unpaired) electrons. The summed E-state index contributed by atoms with van der Waals surface area (Å²) >= 11 is 0. The first-order valence-electron chi connectivity index (χ1n) is 6.36. The van der Waals surface area contributed by atoms with Crippen LogP contribution in [0, 0.1) is 5.92 Å². The van der Waals surface area contributed by atoms with Crippen LogP contribution in [0.15, 0.2) is 0 Å². The van der Waals surface area contributed by atoms with Crippen molar-refractivity contribution < 1.29 is 9.53 Å². The van der Waals surface area contributed by atoms with Crippen LogP contribution in [0.1, 0.15) is 65.7 Å². The van der Waals surface area contributed by atoms with Gasteiger partial charge in [0.05, 0.1) is 6.61 Å². The molecule has 2 heteroatoms. The highest BCUT2D eigenvalue weighted by Gasteiger charge is 2.05. The van der Waals surface area contributed by atoms with Gasteiger partial charge >= 0.3 is 5.97 Å². The minimum absolute atomic E-state index is 0.0215. The van der Waals surface area contributed by atoms with Gasteiger partial charge in [-0.15, -0.1) is 0 Å². The third-order valence-electron chi connectivity index (χ3n) is 2.71. The van der Waals surface area contributed by atoms with Crippen molar-refractivity contribution >= 4 is 5.97 Å². The standard InChI is InChI=1S/C13H26O2/c1-4-6-7-8-9-10-13(14)15-11-12(3)5-2/h12H,4-11H2,1-3H3. The maximum absolute atomic E-state index is 11.3. The normalized spacial score (nSPS) is 12.5. The largest absolute Gasteiger partial charge is 0.465 e. The summed E-state index contributed by atoms with van der Waals surface area (Å²) in [5, 5.41) is 0. The average molecular weight is 214 g/mol. The molecule has 1 unspecified atom stereocenters. The van der Waals surface area contributed by atoms with E-state index in [4.69, 9.17) is 4.74 Å². The van der Waals surface area contributed by atoms with Crippen LogP contribution in [-0.2, 0) is 9.53 Å². The lowest BCUT2D eigenvalue weighted by Crippen LogP contribution is -2.11. The van der Waals surface area contributed by atoms with E-state index in [0.717, 1.165) is 19.3 Å². The molecule has 15 heavy (non-hydrogen) atoms. The number of hydrogen-bond acceptors (Lipinski definition) is 2. The molecular formula is C13H26O2. The van der Waals surface area contributed by atoms with Crippen molar-refractivity contribution in [2.75, 3.05) is 6.61 Å². The third-order valence-corrected chi connectivity index (χ3v) is 2.71. The van der Waals surface area contributed by atoms with Crippen molar-refractivity contribution in [3.63, 3.8) is 0 Å². The Bertz CT molecular complexity index is 155. The molecule has 0 aromatic carbocycles. The molecule has 0 aliphatic carbocycles. The van der Waals surface area contributed by atoms with Gasteiger partial charge in [0.25, 0.3) is 0 Å². The topological polar surface area (TPSA) is 26.3 Å². The summed E-state index contributed by atoms with van der Waals surface area (Å²) in [5.74, 6) is 0.473. The van der Waals surface area contributed by atoms with Crippen molar-refractivity contribution in [1.29, 1.82) is 0 Å². The second-order valence-corrected chi connectivity index (χ2v) is 4.36. The van der Waals surface area contributed by atoms with E-state index in [-0.39, 0.29) is 5.97 Å². The van der Waals surface area contributed by atoms with Crippen LogP contribution in [0.25, 0.3) is 0 Å². The molecule has 0 saturated carbocycles. The summed E-state index contributed by atoms with van der Waals surface area (Å²) in [4.78, 5) is 11.3. The SMILES string of the molecule is CCCCCCCC(=O)OCC(C)CC. The zero-order valence-electron chi connectivity index (χ0n) is 10.6. The number of carbonyl (C=O) groups excluding carboxylic acids is 1. The second-order valence-electron chi connectivity index (χ2n) is 4.36. The lowest BCUT2D eigenvalue weighted by atomic mass is 10.1. The Morgan fingerprint density at radius 1 is 1.13 bits per heavy atom. The number of rotatable bonds is 9. The molecule has 0 saturated heterocycles. The van der Waals surface area contributed by atoms with E-state index in [9.17, 15) is 4.79 Å². The highest BCUT2D eigenvalue weighted by molar-refractivity contribution is 5.69. The molecule has 0 rings (SSSR count). The van der Waals surface area contributed by atoms with E-state index >= 15 is 0 Å². The zero-order chi connectivity index (χ0) is 11.5. The molecule has 0 amide bonds. The van der Waals surface area contributed by atoms with Gasteiger partial charge in [0.1, 0.15) is 0 Å². The van der Waals surface area contributed by atoms with E-state index in [2.05, 4.69) is 20.8 Å². The van der Waals surface area contributed by atoms with Crippen LogP contribution in [0.5, 0.6) is 0 Å². The number of ether oxygens (including phenoxy) is 1. The Morgan fingerprint density at radius 2 is 1.80 bits per heavy atom. The van der Waals surface area contributed by atoms with Crippen molar-refractivity contribution in [3.05, 3.63) is 0 Å². The molecule has 0 aromatic rings. The van der Waals surface area contributed by atoms with Gasteiger partial charge in [-0.3, -0.25) is 4.79 Å². The number of unbranched alkanes of at least 4 members (excludes halogenated alkanes) is 4. The number of hydrogen-bond donors (Lipinski definition) is 0. The molecule has 0 heterocycles. The van der Waals surface area contributed by atoms with Crippen molar-refractivity contribution in [3.8, 4) is 0 Å². The first-order chi connectivity index (χ1) is 7.20. The van der Waals surface area contributed by atoms with Crippen LogP contribution < -0.4 is 0 Å². The van der Waals surface area contributed by atoms with Crippen molar-refractivity contribution in [2.45, 2.75) is 65.7 Å². The lowest BCUT2D eigenvalue weighted by Gasteiger charge is -2.09. The summed E-state index contributed by atoms with van der Waals surface area (Å²) < 4.78 is 5.16. The molecule has 1 atom stereocenters. The summed E-state index contributed by atoms with van der Waals surface area (Å²) in [6.45, 7) is 7.00. The molecule has 0 aliphatic heterocycles. The lowest BCUT2D eigenvalue weighted by molar-refractivity contribution is -0.145. The van der Waals surface area contributed by atoms with Gasteiger partial charge in [-0.05, 0) is 12.3 Å². The van der Waals surface area contributed by atoms with Crippen LogP contribution in [0.3, 0.4) is 0 Å². The number of esters is 1. The Kier molecular flexibility index (Phi) is 9.65. The Hall–Kier alpha value is -0.530. The Balaban J connectivity index is 3.26. The first kappa shape index (κ1) is 14.5. The fourth-order valence-corrected chi connectivity index (χ4v) is 1.30. The molecule has 2 nitrogen and oxygen atoms in total. The zero-order valence-corrected chi connectivity index (χ0v) is 10.6. The molecule has 0 N–H and O–H groups in total. The average Bonchev–Trinajstić information content (AvgIpc) is 2.25. The predicted octanol–water partition coefficient (Wildman–Crippen LogP) is 3.94. The number of carbonyl (C=O) groups is 1. The van der Waals surface area contributed by atoms with Gasteiger partial charge in [0, 0.05) is 6.42 Å². The van der Waals surface area contributed by atoms with E-state index in [0.29, 0.717) is 18.9 Å². The highest BCUT2D eigenvalue weighted by Crippen LogP contribution is 2.07. The molecule has 90 valence electrons. The first-order valence-corrected chi connectivity index (χ1v) is 6.36. The molecular weight excluding hydrogens is 188 g/mol. The predicted molar refractivity (Wildman–Crippen MR) is 63.8 cm³/mol. The Morgan fingerprint density at radius 3 is 2.40 bits per heavy atom. The molecule has 0 spiro atoms. The summed E-state index contributed by atoms with van der Waals surface area (Å²) in [6.07, 6.45) is 7.59. The maximum atomic E-state index is 11.3. The van der Waals surface area contributed by atoms with Gasteiger partial charge < -0.3 is 4.74 Å². The van der Waals surface area contributed by atoms with Gasteiger partial charge in [0.2, 0.25) is 0 Å². The van der Waals surface area contributed by atoms with Gasteiger partial charge in [-0.1, -0.05) is 52.9 Å². The van der Waals surface area contributed by atoms with E-state index in [1.807, 2.05) is 0 Å². The maximum Gasteiger partial charge on any atom is 0.305 e. The van der Waals surface area contributed by atoms with E-state index < -0.39 is 0 Å². The van der Waals surface area contributed by atoms with Crippen LogP contribution >= 0.6 is 0 Å². The van der Waals surface area contributed by atoms with Crippen LogP contribution in [0.2, 0.25) is 0 Å². The fourth-order valence-electron chi connectivity index (χ4n) is 1.30.